The van der Waals surface area contributed by atoms with Gasteiger partial charge in [-0.1, -0.05) is 12.1 Å². The van der Waals surface area contributed by atoms with E-state index in [0.717, 1.165) is 22.0 Å². The highest BCUT2D eigenvalue weighted by Crippen LogP contribution is 2.34. The second-order valence-electron chi connectivity index (χ2n) is 4.13. The zero-order chi connectivity index (χ0) is 14.0. The number of aromatic nitrogens is 1. The van der Waals surface area contributed by atoms with E-state index in [4.69, 9.17) is 5.73 Å². The van der Waals surface area contributed by atoms with Crippen molar-refractivity contribution < 1.29 is 13.2 Å². The predicted octanol–water partition coefficient (Wildman–Crippen LogP) is 3.64. The van der Waals surface area contributed by atoms with Crippen LogP contribution in [0.15, 0.2) is 24.3 Å². The van der Waals surface area contributed by atoms with Crippen LogP contribution in [-0.4, -0.2) is 11.5 Å². The second-order valence-corrected chi connectivity index (χ2v) is 5.42. The van der Waals surface area contributed by atoms with Gasteiger partial charge in [0.05, 0.1) is 16.3 Å². The molecule has 1 aromatic heterocycles. The lowest BCUT2D eigenvalue weighted by atomic mass is 10.1. The van der Waals surface area contributed by atoms with Crippen molar-refractivity contribution >= 4 is 11.3 Å². The monoisotopic (exact) mass is 286 g/mol. The van der Waals surface area contributed by atoms with Gasteiger partial charge < -0.3 is 5.73 Å². The first-order valence-electron chi connectivity index (χ1n) is 5.76. The predicted molar refractivity (Wildman–Crippen MR) is 70.0 cm³/mol. The van der Waals surface area contributed by atoms with Crippen LogP contribution in [0, 0.1) is 6.92 Å². The highest BCUT2D eigenvalue weighted by atomic mass is 32.1. The Balaban J connectivity index is 2.42. The summed E-state index contributed by atoms with van der Waals surface area (Å²) >= 11 is 1.47. The second kappa shape index (κ2) is 5.30. The van der Waals surface area contributed by atoms with Gasteiger partial charge in [0.25, 0.3) is 0 Å². The quantitative estimate of drug-likeness (QED) is 0.935. The molecule has 0 amide bonds. The van der Waals surface area contributed by atoms with Crippen LogP contribution >= 0.6 is 11.3 Å². The minimum atomic E-state index is -4.33. The maximum Gasteiger partial charge on any atom is 0.416 e. The molecular weight excluding hydrogens is 273 g/mol. The first-order chi connectivity index (χ1) is 8.91. The average molecular weight is 286 g/mol. The van der Waals surface area contributed by atoms with Crippen LogP contribution in [0.1, 0.15) is 15.4 Å². The summed E-state index contributed by atoms with van der Waals surface area (Å²) in [5, 5.41) is 0.854. The number of nitrogens with zero attached hydrogens (tertiary/aromatic N) is 1. The van der Waals surface area contributed by atoms with Crippen LogP contribution in [0.3, 0.4) is 0 Å². The molecule has 0 saturated heterocycles. The van der Waals surface area contributed by atoms with Crippen LogP contribution < -0.4 is 5.73 Å². The Bertz CT molecular complexity index is 576. The molecule has 6 heteroatoms. The maximum atomic E-state index is 12.7. The standard InChI is InChI=1S/C13H13F3N2S/c1-8-12(18-11(19-8)5-6-17)9-3-2-4-10(7-9)13(14,15)16/h2-4,7H,5-6,17H2,1H3. The van der Waals surface area contributed by atoms with Crippen molar-refractivity contribution in [3.05, 3.63) is 39.7 Å². The number of halogens is 3. The van der Waals surface area contributed by atoms with Crippen LogP contribution in [-0.2, 0) is 12.6 Å². The van der Waals surface area contributed by atoms with E-state index in [1.165, 1.54) is 17.4 Å². The average Bonchev–Trinajstić information content (AvgIpc) is 2.70. The van der Waals surface area contributed by atoms with E-state index in [1.807, 2.05) is 6.92 Å². The summed E-state index contributed by atoms with van der Waals surface area (Å²) in [6.07, 6.45) is -3.69. The van der Waals surface area contributed by atoms with Crippen LogP contribution in [0.2, 0.25) is 0 Å². The van der Waals surface area contributed by atoms with E-state index >= 15 is 0 Å². The third-order valence-corrected chi connectivity index (χ3v) is 3.69. The summed E-state index contributed by atoms with van der Waals surface area (Å²) in [7, 11) is 0. The SMILES string of the molecule is Cc1sc(CCN)nc1-c1cccc(C(F)(F)F)c1. The molecule has 0 spiro atoms. The fourth-order valence-corrected chi connectivity index (χ4v) is 2.76. The Morgan fingerprint density at radius 1 is 1.32 bits per heavy atom. The lowest BCUT2D eigenvalue weighted by Gasteiger charge is -2.07. The molecule has 1 heterocycles. The van der Waals surface area contributed by atoms with E-state index < -0.39 is 11.7 Å². The third-order valence-electron chi connectivity index (χ3n) is 2.66. The number of benzene rings is 1. The number of alkyl halides is 3. The van der Waals surface area contributed by atoms with Gasteiger partial charge in [-0.2, -0.15) is 13.2 Å². The van der Waals surface area contributed by atoms with Gasteiger partial charge in [-0.3, -0.25) is 0 Å². The Morgan fingerprint density at radius 2 is 2.05 bits per heavy atom. The van der Waals surface area contributed by atoms with Gasteiger partial charge in [-0.15, -0.1) is 11.3 Å². The molecular formula is C13H13F3N2S. The van der Waals surface area contributed by atoms with Crippen molar-refractivity contribution in [1.29, 1.82) is 0 Å². The van der Waals surface area contributed by atoms with Gasteiger partial charge in [0, 0.05) is 16.9 Å². The molecule has 2 nitrogen and oxygen atoms in total. The zero-order valence-corrected chi connectivity index (χ0v) is 11.1. The molecule has 2 rings (SSSR count). The lowest BCUT2D eigenvalue weighted by molar-refractivity contribution is -0.137. The lowest BCUT2D eigenvalue weighted by Crippen LogP contribution is -2.04. The van der Waals surface area contributed by atoms with Crippen LogP contribution in [0.5, 0.6) is 0 Å². The smallest absolute Gasteiger partial charge is 0.330 e. The van der Waals surface area contributed by atoms with Crippen molar-refractivity contribution in [1.82, 2.24) is 4.98 Å². The Kier molecular flexibility index (Phi) is 3.91. The van der Waals surface area contributed by atoms with E-state index in [2.05, 4.69) is 4.98 Å². The summed E-state index contributed by atoms with van der Waals surface area (Å²) in [6, 6.07) is 5.24. The number of hydrogen-bond donors (Lipinski definition) is 1. The van der Waals surface area contributed by atoms with E-state index in [0.29, 0.717) is 24.2 Å². The maximum absolute atomic E-state index is 12.7. The topological polar surface area (TPSA) is 38.9 Å². The number of hydrogen-bond acceptors (Lipinski definition) is 3. The summed E-state index contributed by atoms with van der Waals surface area (Å²) in [6.45, 7) is 2.34. The first-order valence-corrected chi connectivity index (χ1v) is 6.57. The molecule has 0 atom stereocenters. The van der Waals surface area contributed by atoms with Gasteiger partial charge in [0.15, 0.2) is 0 Å². The fraction of sp³-hybridized carbons (Fsp3) is 0.308. The van der Waals surface area contributed by atoms with Gasteiger partial charge in [0.1, 0.15) is 0 Å². The summed E-state index contributed by atoms with van der Waals surface area (Å²) in [5.41, 5.74) is 5.91. The number of nitrogens with two attached hydrogens (primary N) is 1. The molecule has 1 aromatic carbocycles. The van der Waals surface area contributed by atoms with Crippen molar-refractivity contribution in [2.24, 2.45) is 5.73 Å². The molecule has 0 aliphatic rings. The third kappa shape index (κ3) is 3.13. The van der Waals surface area contributed by atoms with E-state index in [-0.39, 0.29) is 0 Å². The van der Waals surface area contributed by atoms with E-state index in [1.54, 1.807) is 6.07 Å². The van der Waals surface area contributed by atoms with Gasteiger partial charge in [0.2, 0.25) is 0 Å². The number of aryl methyl sites for hydroxylation is 1. The van der Waals surface area contributed by atoms with Crippen molar-refractivity contribution in [2.45, 2.75) is 19.5 Å². The number of thiazole rings is 1. The highest BCUT2D eigenvalue weighted by Gasteiger charge is 2.30. The summed E-state index contributed by atoms with van der Waals surface area (Å²) in [4.78, 5) is 5.27. The zero-order valence-electron chi connectivity index (χ0n) is 10.3. The molecule has 0 fully saturated rings. The number of rotatable bonds is 3. The summed E-state index contributed by atoms with van der Waals surface area (Å²) in [5.74, 6) is 0. The Morgan fingerprint density at radius 3 is 2.68 bits per heavy atom. The molecule has 2 N–H and O–H groups in total. The van der Waals surface area contributed by atoms with E-state index in [9.17, 15) is 13.2 Å². The minimum absolute atomic E-state index is 0.481. The molecule has 0 aliphatic carbocycles. The molecule has 0 saturated carbocycles. The molecule has 19 heavy (non-hydrogen) atoms. The molecule has 0 radical (unpaired) electrons. The Hall–Kier alpha value is -1.40. The largest absolute Gasteiger partial charge is 0.416 e. The Labute approximate surface area is 113 Å². The molecule has 0 unspecified atom stereocenters. The fourth-order valence-electron chi connectivity index (χ4n) is 1.79. The molecule has 2 aromatic rings. The van der Waals surface area contributed by atoms with Gasteiger partial charge in [-0.25, -0.2) is 4.98 Å². The van der Waals surface area contributed by atoms with Crippen LogP contribution in [0.25, 0.3) is 11.3 Å². The van der Waals surface area contributed by atoms with Crippen molar-refractivity contribution in [2.75, 3.05) is 6.54 Å². The van der Waals surface area contributed by atoms with Gasteiger partial charge in [-0.05, 0) is 25.6 Å². The highest BCUT2D eigenvalue weighted by molar-refractivity contribution is 7.12. The molecule has 0 bridgehead atoms. The molecule has 102 valence electrons. The first kappa shape index (κ1) is 14.0. The van der Waals surface area contributed by atoms with Crippen molar-refractivity contribution in [3.63, 3.8) is 0 Å². The van der Waals surface area contributed by atoms with Crippen LogP contribution in [0.4, 0.5) is 13.2 Å². The van der Waals surface area contributed by atoms with Gasteiger partial charge >= 0.3 is 6.18 Å². The summed E-state index contributed by atoms with van der Waals surface area (Å²) < 4.78 is 38.0. The molecule has 0 aliphatic heterocycles. The minimum Gasteiger partial charge on any atom is -0.330 e. The van der Waals surface area contributed by atoms with Crippen molar-refractivity contribution in [3.8, 4) is 11.3 Å². The normalized spacial score (nSPS) is 11.8.